The maximum Gasteiger partial charge on any atom is 0.123 e. The third-order valence-corrected chi connectivity index (χ3v) is 3.46. The number of H-pyrrole nitrogens is 1. The molecule has 2 N–H and O–H groups in total. The molecular formula is C15H19N3O2. The first-order valence-corrected chi connectivity index (χ1v) is 6.81. The summed E-state index contributed by atoms with van der Waals surface area (Å²) in [5, 5.41) is 3.35. The van der Waals surface area contributed by atoms with Crippen molar-refractivity contribution in [3.05, 3.63) is 41.5 Å². The first-order valence-electron chi connectivity index (χ1n) is 6.81. The van der Waals surface area contributed by atoms with E-state index >= 15 is 0 Å². The molecule has 2 aromatic rings. The summed E-state index contributed by atoms with van der Waals surface area (Å²) < 4.78 is 11.3. The molecule has 5 heteroatoms. The zero-order valence-corrected chi connectivity index (χ0v) is 11.8. The summed E-state index contributed by atoms with van der Waals surface area (Å²) in [6.45, 7) is 3.50. The first kappa shape index (κ1) is 13.0. The Morgan fingerprint density at radius 3 is 3.10 bits per heavy atom. The Kier molecular flexibility index (Phi) is 3.60. The van der Waals surface area contributed by atoms with Crippen molar-refractivity contribution in [3.8, 4) is 11.5 Å². The smallest absolute Gasteiger partial charge is 0.123 e. The van der Waals surface area contributed by atoms with Crippen molar-refractivity contribution in [2.75, 3.05) is 7.11 Å². The van der Waals surface area contributed by atoms with Gasteiger partial charge in [0.25, 0.3) is 0 Å². The summed E-state index contributed by atoms with van der Waals surface area (Å²) >= 11 is 0. The maximum absolute atomic E-state index is 5.80. The fraction of sp³-hybridized carbons (Fsp3) is 0.400. The number of fused-ring (bicyclic) bond motifs is 1. The van der Waals surface area contributed by atoms with Gasteiger partial charge in [0.05, 0.1) is 13.7 Å². The van der Waals surface area contributed by atoms with E-state index in [1.807, 2.05) is 6.20 Å². The molecule has 0 fully saturated rings. The van der Waals surface area contributed by atoms with Crippen LogP contribution >= 0.6 is 0 Å². The lowest BCUT2D eigenvalue weighted by Crippen LogP contribution is -2.14. The van der Waals surface area contributed by atoms with E-state index < -0.39 is 0 Å². The number of methoxy groups -OCH3 is 1. The molecule has 1 aromatic carbocycles. The van der Waals surface area contributed by atoms with Crippen LogP contribution in [0.2, 0.25) is 0 Å². The summed E-state index contributed by atoms with van der Waals surface area (Å²) in [5.74, 6) is 2.82. The highest BCUT2D eigenvalue weighted by molar-refractivity contribution is 5.48. The molecule has 1 atom stereocenters. The van der Waals surface area contributed by atoms with Gasteiger partial charge in [0.15, 0.2) is 0 Å². The molecule has 0 spiro atoms. The predicted molar refractivity (Wildman–Crippen MR) is 75.9 cm³/mol. The van der Waals surface area contributed by atoms with Crippen LogP contribution < -0.4 is 14.8 Å². The number of imidazole rings is 1. The van der Waals surface area contributed by atoms with Gasteiger partial charge in [-0.05, 0) is 19.1 Å². The van der Waals surface area contributed by atoms with E-state index in [1.54, 1.807) is 13.3 Å². The molecule has 1 aliphatic rings. The average Bonchev–Trinajstić information content (AvgIpc) is 3.05. The molecule has 2 heterocycles. The number of aromatic amines is 1. The SMILES string of the molecule is COc1cc2c(cc1CNCc1ncc[nH]1)O[C@H](C)C2. The van der Waals surface area contributed by atoms with Crippen molar-refractivity contribution in [1.82, 2.24) is 15.3 Å². The number of aromatic nitrogens is 2. The van der Waals surface area contributed by atoms with Crippen LogP contribution in [0.3, 0.4) is 0 Å². The number of hydrogen-bond acceptors (Lipinski definition) is 4. The van der Waals surface area contributed by atoms with Gasteiger partial charge in [-0.1, -0.05) is 0 Å². The van der Waals surface area contributed by atoms with Gasteiger partial charge in [-0.25, -0.2) is 4.98 Å². The van der Waals surface area contributed by atoms with Gasteiger partial charge in [0, 0.05) is 36.5 Å². The minimum Gasteiger partial charge on any atom is -0.496 e. The largest absolute Gasteiger partial charge is 0.496 e. The predicted octanol–water partition coefficient (Wildman–Crippen LogP) is 2.03. The lowest BCUT2D eigenvalue weighted by Gasteiger charge is -2.11. The third-order valence-electron chi connectivity index (χ3n) is 3.46. The highest BCUT2D eigenvalue weighted by Crippen LogP contribution is 2.34. The fourth-order valence-electron chi connectivity index (χ4n) is 2.52. The van der Waals surface area contributed by atoms with E-state index in [0.717, 1.165) is 35.9 Å². The summed E-state index contributed by atoms with van der Waals surface area (Å²) in [4.78, 5) is 7.25. The zero-order chi connectivity index (χ0) is 13.9. The molecule has 1 aromatic heterocycles. The molecule has 0 unspecified atom stereocenters. The van der Waals surface area contributed by atoms with Gasteiger partial charge in [0.1, 0.15) is 23.4 Å². The van der Waals surface area contributed by atoms with Crippen molar-refractivity contribution in [2.24, 2.45) is 0 Å². The molecule has 1 aliphatic heterocycles. The van der Waals surface area contributed by atoms with E-state index in [0.29, 0.717) is 6.54 Å². The van der Waals surface area contributed by atoms with Crippen LogP contribution in [0.25, 0.3) is 0 Å². The van der Waals surface area contributed by atoms with Crippen LogP contribution in [-0.4, -0.2) is 23.2 Å². The monoisotopic (exact) mass is 273 g/mol. The normalized spacial score (nSPS) is 16.8. The first-order chi connectivity index (χ1) is 9.76. The van der Waals surface area contributed by atoms with E-state index in [-0.39, 0.29) is 6.10 Å². The highest BCUT2D eigenvalue weighted by Gasteiger charge is 2.21. The second-order valence-corrected chi connectivity index (χ2v) is 5.04. The molecule has 3 rings (SSSR count). The van der Waals surface area contributed by atoms with Gasteiger partial charge in [0.2, 0.25) is 0 Å². The molecule has 20 heavy (non-hydrogen) atoms. The molecule has 0 bridgehead atoms. The minimum atomic E-state index is 0.251. The number of nitrogens with zero attached hydrogens (tertiary/aromatic N) is 1. The lowest BCUT2D eigenvalue weighted by molar-refractivity contribution is 0.254. The van der Waals surface area contributed by atoms with Crippen molar-refractivity contribution >= 4 is 0 Å². The Morgan fingerprint density at radius 2 is 2.35 bits per heavy atom. The van der Waals surface area contributed by atoms with Gasteiger partial charge in [-0.3, -0.25) is 0 Å². The topological polar surface area (TPSA) is 59.2 Å². The molecule has 0 radical (unpaired) electrons. The standard InChI is InChI=1S/C15H19N3O2/c1-10-5-11-6-13(19-2)12(7-14(11)20-10)8-16-9-15-17-3-4-18-15/h3-4,6-7,10,16H,5,8-9H2,1-2H3,(H,17,18)/t10-/m1/s1. The molecule has 0 saturated heterocycles. The molecule has 0 amide bonds. The summed E-state index contributed by atoms with van der Waals surface area (Å²) in [7, 11) is 1.71. The average molecular weight is 273 g/mol. The second kappa shape index (κ2) is 5.54. The number of benzene rings is 1. The number of ether oxygens (including phenoxy) is 2. The van der Waals surface area contributed by atoms with Gasteiger partial charge in [-0.15, -0.1) is 0 Å². The zero-order valence-electron chi connectivity index (χ0n) is 11.8. The van der Waals surface area contributed by atoms with Crippen molar-refractivity contribution in [3.63, 3.8) is 0 Å². The van der Waals surface area contributed by atoms with E-state index in [4.69, 9.17) is 9.47 Å². The number of nitrogens with one attached hydrogen (secondary N) is 2. The summed E-state index contributed by atoms with van der Waals surface area (Å²) in [6, 6.07) is 4.16. The molecule has 106 valence electrons. The van der Waals surface area contributed by atoms with Crippen LogP contribution in [-0.2, 0) is 19.5 Å². The Bertz CT molecular complexity index is 581. The van der Waals surface area contributed by atoms with Crippen LogP contribution in [0.15, 0.2) is 24.5 Å². The van der Waals surface area contributed by atoms with E-state index in [1.165, 1.54) is 5.56 Å². The van der Waals surface area contributed by atoms with Crippen LogP contribution in [0.4, 0.5) is 0 Å². The van der Waals surface area contributed by atoms with Crippen LogP contribution in [0.1, 0.15) is 23.9 Å². The molecule has 0 aliphatic carbocycles. The summed E-state index contributed by atoms with van der Waals surface area (Å²) in [5.41, 5.74) is 2.33. The minimum absolute atomic E-state index is 0.251. The van der Waals surface area contributed by atoms with Crippen molar-refractivity contribution < 1.29 is 9.47 Å². The van der Waals surface area contributed by atoms with Gasteiger partial charge in [-0.2, -0.15) is 0 Å². The van der Waals surface area contributed by atoms with Crippen LogP contribution in [0, 0.1) is 0 Å². The van der Waals surface area contributed by atoms with E-state index in [2.05, 4.69) is 34.3 Å². The highest BCUT2D eigenvalue weighted by atomic mass is 16.5. The quantitative estimate of drug-likeness (QED) is 0.875. The molecule has 5 nitrogen and oxygen atoms in total. The Morgan fingerprint density at radius 1 is 1.45 bits per heavy atom. The fourth-order valence-corrected chi connectivity index (χ4v) is 2.52. The molecule has 0 saturated carbocycles. The Hall–Kier alpha value is -2.01. The maximum atomic E-state index is 5.80. The van der Waals surface area contributed by atoms with Crippen molar-refractivity contribution in [2.45, 2.75) is 32.5 Å². The van der Waals surface area contributed by atoms with Crippen molar-refractivity contribution in [1.29, 1.82) is 0 Å². The van der Waals surface area contributed by atoms with Gasteiger partial charge >= 0.3 is 0 Å². The Balaban J connectivity index is 1.70. The summed E-state index contributed by atoms with van der Waals surface area (Å²) in [6.07, 6.45) is 4.78. The molecular weight excluding hydrogens is 254 g/mol. The Labute approximate surface area is 118 Å². The van der Waals surface area contributed by atoms with Crippen LogP contribution in [0.5, 0.6) is 11.5 Å². The number of hydrogen-bond donors (Lipinski definition) is 2. The second-order valence-electron chi connectivity index (χ2n) is 5.04. The number of rotatable bonds is 5. The lowest BCUT2D eigenvalue weighted by atomic mass is 10.1. The third kappa shape index (κ3) is 2.63. The van der Waals surface area contributed by atoms with E-state index in [9.17, 15) is 0 Å². The van der Waals surface area contributed by atoms with Gasteiger partial charge < -0.3 is 19.8 Å².